The van der Waals surface area contributed by atoms with Gasteiger partial charge in [0.2, 0.25) is 11.7 Å². The molecule has 0 aliphatic rings. The van der Waals surface area contributed by atoms with Crippen LogP contribution in [-0.4, -0.2) is 15.1 Å². The minimum absolute atomic E-state index is 0.126. The molecule has 18 heavy (non-hydrogen) atoms. The molecule has 0 radical (unpaired) electrons. The fraction of sp³-hybridized carbons (Fsp3) is 0.385. The molecule has 0 fully saturated rings. The lowest BCUT2D eigenvalue weighted by molar-refractivity contribution is 0.369. The standard InChI is InChI=1S/C13H14N4O/c1-8(7-14)4-12-16-13(17-18-12)11-5-9(2)15-10(3)6-11/h5-6,8H,4H2,1-3H3. The molecule has 5 heteroatoms. The van der Waals surface area contributed by atoms with Gasteiger partial charge in [0, 0.05) is 23.4 Å². The van der Waals surface area contributed by atoms with Crippen LogP contribution in [0, 0.1) is 31.1 Å². The van der Waals surface area contributed by atoms with Crippen LogP contribution in [0.25, 0.3) is 11.4 Å². The van der Waals surface area contributed by atoms with E-state index in [0.717, 1.165) is 17.0 Å². The normalized spacial score (nSPS) is 12.1. The summed E-state index contributed by atoms with van der Waals surface area (Å²) in [5.41, 5.74) is 2.73. The van der Waals surface area contributed by atoms with E-state index in [1.807, 2.05) is 32.9 Å². The first-order chi connectivity index (χ1) is 8.58. The second-order valence-electron chi connectivity index (χ2n) is 4.38. The number of hydrogen-bond donors (Lipinski definition) is 0. The predicted octanol–water partition coefficient (Wildman–Crippen LogP) is 2.45. The lowest BCUT2D eigenvalue weighted by Gasteiger charge is -1.99. The van der Waals surface area contributed by atoms with Gasteiger partial charge in [-0.2, -0.15) is 10.2 Å². The molecule has 0 bridgehead atoms. The first kappa shape index (κ1) is 12.2. The number of nitrogens with zero attached hydrogens (tertiary/aromatic N) is 4. The number of aromatic nitrogens is 3. The third-order valence-electron chi connectivity index (χ3n) is 2.51. The molecule has 2 rings (SSSR count). The van der Waals surface area contributed by atoms with E-state index in [-0.39, 0.29) is 5.92 Å². The molecule has 0 aromatic carbocycles. The van der Waals surface area contributed by atoms with Gasteiger partial charge >= 0.3 is 0 Å². The van der Waals surface area contributed by atoms with Gasteiger partial charge in [-0.25, -0.2) is 0 Å². The highest BCUT2D eigenvalue weighted by Gasteiger charge is 2.12. The largest absolute Gasteiger partial charge is 0.339 e. The molecule has 0 aliphatic carbocycles. The van der Waals surface area contributed by atoms with Gasteiger partial charge in [0.1, 0.15) is 0 Å². The highest BCUT2D eigenvalue weighted by Crippen LogP contribution is 2.18. The third kappa shape index (κ3) is 2.72. The van der Waals surface area contributed by atoms with Gasteiger partial charge in [0.15, 0.2) is 0 Å². The number of aryl methyl sites for hydroxylation is 2. The number of hydrogen-bond acceptors (Lipinski definition) is 5. The predicted molar refractivity (Wildman–Crippen MR) is 65.5 cm³/mol. The smallest absolute Gasteiger partial charge is 0.228 e. The topological polar surface area (TPSA) is 75.6 Å². The summed E-state index contributed by atoms with van der Waals surface area (Å²) in [5.74, 6) is 0.911. The summed E-state index contributed by atoms with van der Waals surface area (Å²) >= 11 is 0. The van der Waals surface area contributed by atoms with E-state index in [4.69, 9.17) is 9.78 Å². The van der Waals surface area contributed by atoms with Crippen molar-refractivity contribution in [1.82, 2.24) is 15.1 Å². The number of nitriles is 1. The van der Waals surface area contributed by atoms with E-state index in [9.17, 15) is 0 Å². The zero-order chi connectivity index (χ0) is 13.1. The number of pyridine rings is 1. The van der Waals surface area contributed by atoms with Crippen molar-refractivity contribution in [1.29, 1.82) is 5.26 Å². The molecule has 5 nitrogen and oxygen atoms in total. The average Bonchev–Trinajstić information content (AvgIpc) is 2.76. The van der Waals surface area contributed by atoms with Gasteiger partial charge in [0.25, 0.3) is 0 Å². The van der Waals surface area contributed by atoms with Crippen LogP contribution in [-0.2, 0) is 6.42 Å². The highest BCUT2D eigenvalue weighted by molar-refractivity contribution is 5.55. The lowest BCUT2D eigenvalue weighted by Crippen LogP contribution is -1.96. The molecule has 2 heterocycles. The molecule has 0 N–H and O–H groups in total. The van der Waals surface area contributed by atoms with Crippen LogP contribution in [0.15, 0.2) is 16.7 Å². The Morgan fingerprint density at radius 1 is 1.28 bits per heavy atom. The van der Waals surface area contributed by atoms with Gasteiger partial charge < -0.3 is 4.52 Å². The second kappa shape index (κ2) is 4.96. The molecule has 2 aromatic heterocycles. The Balaban J connectivity index is 2.27. The van der Waals surface area contributed by atoms with Crippen LogP contribution < -0.4 is 0 Å². The Morgan fingerprint density at radius 2 is 1.94 bits per heavy atom. The van der Waals surface area contributed by atoms with Crippen molar-refractivity contribution < 1.29 is 4.52 Å². The molecular formula is C13H14N4O. The molecular weight excluding hydrogens is 228 g/mol. The molecule has 1 unspecified atom stereocenters. The molecule has 0 spiro atoms. The fourth-order valence-corrected chi connectivity index (χ4v) is 1.73. The zero-order valence-corrected chi connectivity index (χ0v) is 10.6. The summed E-state index contributed by atoms with van der Waals surface area (Å²) in [7, 11) is 0. The molecule has 2 aromatic rings. The maximum atomic E-state index is 8.74. The van der Waals surface area contributed by atoms with Crippen molar-refractivity contribution in [2.24, 2.45) is 5.92 Å². The fourth-order valence-electron chi connectivity index (χ4n) is 1.73. The van der Waals surface area contributed by atoms with Crippen LogP contribution in [0.1, 0.15) is 24.2 Å². The van der Waals surface area contributed by atoms with Crippen LogP contribution >= 0.6 is 0 Å². The van der Waals surface area contributed by atoms with E-state index >= 15 is 0 Å². The summed E-state index contributed by atoms with van der Waals surface area (Å²) in [6.07, 6.45) is 0.479. The maximum absolute atomic E-state index is 8.74. The summed E-state index contributed by atoms with van der Waals surface area (Å²) in [5, 5.41) is 12.7. The molecule has 1 atom stereocenters. The molecule has 92 valence electrons. The summed E-state index contributed by atoms with van der Waals surface area (Å²) in [6, 6.07) is 5.97. The Kier molecular flexibility index (Phi) is 3.38. The van der Waals surface area contributed by atoms with Crippen molar-refractivity contribution in [3.05, 3.63) is 29.4 Å². The molecule has 0 aliphatic heterocycles. The van der Waals surface area contributed by atoms with Crippen LogP contribution in [0.2, 0.25) is 0 Å². The molecule has 0 saturated carbocycles. The van der Waals surface area contributed by atoms with E-state index in [1.165, 1.54) is 0 Å². The average molecular weight is 242 g/mol. The monoisotopic (exact) mass is 242 g/mol. The SMILES string of the molecule is Cc1cc(-c2noc(CC(C)C#N)n2)cc(C)n1. The van der Waals surface area contributed by atoms with E-state index in [1.54, 1.807) is 0 Å². The van der Waals surface area contributed by atoms with E-state index in [0.29, 0.717) is 18.1 Å². The molecule has 0 saturated heterocycles. The van der Waals surface area contributed by atoms with Gasteiger partial charge in [-0.1, -0.05) is 5.16 Å². The van der Waals surface area contributed by atoms with Crippen molar-refractivity contribution in [3.63, 3.8) is 0 Å². The zero-order valence-electron chi connectivity index (χ0n) is 10.6. The maximum Gasteiger partial charge on any atom is 0.228 e. The van der Waals surface area contributed by atoms with E-state index in [2.05, 4.69) is 21.2 Å². The Morgan fingerprint density at radius 3 is 2.56 bits per heavy atom. The van der Waals surface area contributed by atoms with E-state index < -0.39 is 0 Å². The quantitative estimate of drug-likeness (QED) is 0.826. The lowest BCUT2D eigenvalue weighted by atomic mass is 10.1. The molecule has 0 amide bonds. The summed E-state index contributed by atoms with van der Waals surface area (Å²) in [6.45, 7) is 5.68. The van der Waals surface area contributed by atoms with Crippen LogP contribution in [0.3, 0.4) is 0 Å². The Hall–Kier alpha value is -2.22. The first-order valence-electron chi connectivity index (χ1n) is 5.76. The van der Waals surface area contributed by atoms with Gasteiger partial charge in [0.05, 0.1) is 12.0 Å². The Bertz CT molecular complexity index is 577. The number of rotatable bonds is 3. The van der Waals surface area contributed by atoms with Crippen molar-refractivity contribution >= 4 is 0 Å². The minimum atomic E-state index is -0.126. The van der Waals surface area contributed by atoms with Crippen molar-refractivity contribution in [2.45, 2.75) is 27.2 Å². The minimum Gasteiger partial charge on any atom is -0.339 e. The summed E-state index contributed by atoms with van der Waals surface area (Å²) < 4.78 is 5.14. The highest BCUT2D eigenvalue weighted by atomic mass is 16.5. The van der Waals surface area contributed by atoms with Gasteiger partial charge in [-0.15, -0.1) is 0 Å². The van der Waals surface area contributed by atoms with Crippen LogP contribution in [0.4, 0.5) is 0 Å². The Labute approximate surface area is 105 Å². The second-order valence-corrected chi connectivity index (χ2v) is 4.38. The summed E-state index contributed by atoms with van der Waals surface area (Å²) in [4.78, 5) is 8.59. The first-order valence-corrected chi connectivity index (χ1v) is 5.76. The van der Waals surface area contributed by atoms with Gasteiger partial charge in [-0.3, -0.25) is 4.98 Å². The van der Waals surface area contributed by atoms with Crippen molar-refractivity contribution in [3.8, 4) is 17.5 Å². The van der Waals surface area contributed by atoms with Gasteiger partial charge in [-0.05, 0) is 32.9 Å². The van der Waals surface area contributed by atoms with Crippen LogP contribution in [0.5, 0.6) is 0 Å². The van der Waals surface area contributed by atoms with Crippen molar-refractivity contribution in [2.75, 3.05) is 0 Å². The third-order valence-corrected chi connectivity index (χ3v) is 2.51.